The molecule has 3 N–H and O–H groups in total. The molecule has 1 aromatic heterocycles. The molecule has 0 radical (unpaired) electrons. The van der Waals surface area contributed by atoms with Gasteiger partial charge in [-0.15, -0.1) is 0 Å². The van der Waals surface area contributed by atoms with Crippen molar-refractivity contribution in [2.24, 2.45) is 5.14 Å². The van der Waals surface area contributed by atoms with Crippen LogP contribution in [0.5, 0.6) is 0 Å². The number of nitrogens with two attached hydrogens (primary N) is 1. The van der Waals surface area contributed by atoms with Crippen LogP contribution in [-0.2, 0) is 0 Å². The van der Waals surface area contributed by atoms with Gasteiger partial charge in [-0.05, 0) is 65.0 Å². The highest BCUT2D eigenvalue weighted by Gasteiger charge is 2.07. The minimum atomic E-state index is 0.731. The van der Waals surface area contributed by atoms with Crippen LogP contribution < -0.4 is 5.14 Å². The monoisotopic (exact) mass is 377 g/mol. The van der Waals surface area contributed by atoms with E-state index in [1.165, 1.54) is 11.9 Å². The zero-order chi connectivity index (χ0) is 17.9. The first-order valence-electron chi connectivity index (χ1n) is 8.12. The van der Waals surface area contributed by atoms with Crippen LogP contribution in [-0.4, -0.2) is 9.97 Å². The number of imidazole rings is 1. The molecule has 0 unspecified atom stereocenters. The van der Waals surface area contributed by atoms with Gasteiger partial charge in [-0.1, -0.05) is 54.1 Å². The number of nitrogens with zero attached hydrogens (tertiary/aromatic N) is 1. The highest BCUT2D eigenvalue weighted by molar-refractivity contribution is 7.97. The molecule has 0 bridgehead atoms. The lowest BCUT2D eigenvalue weighted by Gasteiger charge is -2.06. The third kappa shape index (κ3) is 3.53. The van der Waals surface area contributed by atoms with Crippen LogP contribution in [0, 0.1) is 0 Å². The van der Waals surface area contributed by atoms with Crippen LogP contribution in [0.3, 0.4) is 0 Å². The van der Waals surface area contributed by atoms with Crippen molar-refractivity contribution in [3.05, 3.63) is 83.1 Å². The van der Waals surface area contributed by atoms with Crippen molar-refractivity contribution in [1.82, 2.24) is 9.97 Å². The van der Waals surface area contributed by atoms with E-state index in [1.54, 1.807) is 0 Å². The topological polar surface area (TPSA) is 54.7 Å². The minimum absolute atomic E-state index is 0.731. The van der Waals surface area contributed by atoms with Gasteiger partial charge in [-0.3, -0.25) is 5.14 Å². The standard InChI is InChI=1S/C21H16ClN3S/c22-16-9-5-14(6-10-16)7-12-21-24-18-11-8-15(13-19(18)25-21)17-3-1-2-4-20(17)26-23/h1-13H,23H2,(H,24,25)/b12-7+. The van der Waals surface area contributed by atoms with Gasteiger partial charge in [-0.2, -0.15) is 0 Å². The van der Waals surface area contributed by atoms with Crippen LogP contribution in [0.1, 0.15) is 11.4 Å². The third-order valence-corrected chi connectivity index (χ3v) is 4.99. The van der Waals surface area contributed by atoms with Crippen molar-refractivity contribution in [3.8, 4) is 11.1 Å². The number of aromatic nitrogens is 2. The third-order valence-electron chi connectivity index (χ3n) is 4.13. The first-order chi connectivity index (χ1) is 12.7. The molecular formula is C21H16ClN3S. The summed E-state index contributed by atoms with van der Waals surface area (Å²) >= 11 is 7.18. The summed E-state index contributed by atoms with van der Waals surface area (Å²) in [5.74, 6) is 0.814. The van der Waals surface area contributed by atoms with Crippen LogP contribution in [0.4, 0.5) is 0 Å². The van der Waals surface area contributed by atoms with E-state index in [9.17, 15) is 0 Å². The Hall–Kier alpha value is -2.53. The first kappa shape index (κ1) is 16.9. The molecule has 5 heteroatoms. The molecule has 0 amide bonds. The van der Waals surface area contributed by atoms with Crippen LogP contribution in [0.15, 0.2) is 71.6 Å². The quantitative estimate of drug-likeness (QED) is 0.427. The van der Waals surface area contributed by atoms with E-state index in [4.69, 9.17) is 16.7 Å². The summed E-state index contributed by atoms with van der Waals surface area (Å²) in [4.78, 5) is 9.06. The molecule has 0 saturated carbocycles. The van der Waals surface area contributed by atoms with Gasteiger partial charge < -0.3 is 4.98 Å². The fourth-order valence-electron chi connectivity index (χ4n) is 2.83. The number of hydrogen-bond donors (Lipinski definition) is 2. The number of halogens is 1. The first-order valence-corrected chi connectivity index (χ1v) is 9.38. The second kappa shape index (κ2) is 7.38. The van der Waals surface area contributed by atoms with Crippen molar-refractivity contribution >= 4 is 46.7 Å². The molecule has 4 aromatic rings. The van der Waals surface area contributed by atoms with Crippen LogP contribution in [0.25, 0.3) is 34.3 Å². The Morgan fingerprint density at radius 3 is 2.58 bits per heavy atom. The summed E-state index contributed by atoms with van der Waals surface area (Å²) in [6, 6.07) is 22.0. The Balaban J connectivity index is 1.66. The van der Waals surface area contributed by atoms with E-state index in [0.29, 0.717) is 0 Å². The van der Waals surface area contributed by atoms with Gasteiger partial charge in [-0.25, -0.2) is 4.98 Å². The highest BCUT2D eigenvalue weighted by Crippen LogP contribution is 2.30. The Kier molecular flexibility index (Phi) is 4.80. The summed E-state index contributed by atoms with van der Waals surface area (Å²) < 4.78 is 0. The lowest BCUT2D eigenvalue weighted by Crippen LogP contribution is -1.85. The molecule has 128 valence electrons. The molecule has 4 rings (SSSR count). The lowest BCUT2D eigenvalue weighted by molar-refractivity contribution is 1.29. The number of aromatic amines is 1. The van der Waals surface area contributed by atoms with Gasteiger partial charge in [0.15, 0.2) is 0 Å². The zero-order valence-electron chi connectivity index (χ0n) is 13.8. The summed E-state index contributed by atoms with van der Waals surface area (Å²) in [6.07, 6.45) is 3.97. The predicted octanol–water partition coefficient (Wildman–Crippen LogP) is 6.02. The van der Waals surface area contributed by atoms with E-state index in [1.807, 2.05) is 54.6 Å². The minimum Gasteiger partial charge on any atom is -0.338 e. The van der Waals surface area contributed by atoms with E-state index in [0.717, 1.165) is 43.5 Å². The van der Waals surface area contributed by atoms with E-state index in [-0.39, 0.29) is 0 Å². The van der Waals surface area contributed by atoms with E-state index >= 15 is 0 Å². The molecular weight excluding hydrogens is 362 g/mol. The molecule has 0 spiro atoms. The number of fused-ring (bicyclic) bond motifs is 1. The molecule has 3 nitrogen and oxygen atoms in total. The Labute approximate surface area is 161 Å². The zero-order valence-corrected chi connectivity index (χ0v) is 15.4. The average Bonchev–Trinajstić information content (AvgIpc) is 3.09. The lowest BCUT2D eigenvalue weighted by atomic mass is 10.1. The molecule has 0 atom stereocenters. The van der Waals surface area contributed by atoms with Gasteiger partial charge in [0.05, 0.1) is 11.0 Å². The molecule has 0 aliphatic carbocycles. The van der Waals surface area contributed by atoms with E-state index in [2.05, 4.69) is 34.2 Å². The second-order valence-corrected chi connectivity index (χ2v) is 6.96. The maximum atomic E-state index is 5.92. The fourth-order valence-corrected chi connectivity index (χ4v) is 3.42. The maximum Gasteiger partial charge on any atom is 0.131 e. The van der Waals surface area contributed by atoms with Gasteiger partial charge in [0.1, 0.15) is 5.82 Å². The van der Waals surface area contributed by atoms with E-state index < -0.39 is 0 Å². The normalized spacial score (nSPS) is 11.5. The fraction of sp³-hybridized carbons (Fsp3) is 0. The van der Waals surface area contributed by atoms with Crippen LogP contribution >= 0.6 is 23.5 Å². The largest absolute Gasteiger partial charge is 0.338 e. The van der Waals surface area contributed by atoms with Crippen molar-refractivity contribution in [2.45, 2.75) is 4.90 Å². The van der Waals surface area contributed by atoms with Crippen molar-refractivity contribution in [1.29, 1.82) is 0 Å². The number of nitrogens with one attached hydrogen (secondary N) is 1. The smallest absolute Gasteiger partial charge is 0.131 e. The maximum absolute atomic E-state index is 5.92. The van der Waals surface area contributed by atoms with Crippen LogP contribution in [0.2, 0.25) is 5.02 Å². The molecule has 0 aliphatic rings. The summed E-state index contributed by atoms with van der Waals surface area (Å²) in [6.45, 7) is 0. The summed E-state index contributed by atoms with van der Waals surface area (Å²) in [7, 11) is 0. The Morgan fingerprint density at radius 1 is 0.962 bits per heavy atom. The number of rotatable bonds is 4. The Morgan fingerprint density at radius 2 is 1.77 bits per heavy atom. The molecule has 0 saturated heterocycles. The average molecular weight is 378 g/mol. The number of hydrogen-bond acceptors (Lipinski definition) is 3. The molecule has 3 aromatic carbocycles. The molecule has 26 heavy (non-hydrogen) atoms. The molecule has 1 heterocycles. The predicted molar refractivity (Wildman–Crippen MR) is 112 cm³/mol. The second-order valence-electron chi connectivity index (χ2n) is 5.85. The highest BCUT2D eigenvalue weighted by atomic mass is 35.5. The SMILES string of the molecule is NSc1ccccc1-c1ccc2[nH]c(/C=C/c3ccc(Cl)cc3)nc2c1. The molecule has 0 aliphatic heterocycles. The summed E-state index contributed by atoms with van der Waals surface area (Å²) in [5.41, 5.74) is 5.22. The van der Waals surface area contributed by atoms with Crippen molar-refractivity contribution < 1.29 is 0 Å². The van der Waals surface area contributed by atoms with Crippen molar-refractivity contribution in [2.75, 3.05) is 0 Å². The number of benzene rings is 3. The van der Waals surface area contributed by atoms with Gasteiger partial charge in [0, 0.05) is 9.92 Å². The van der Waals surface area contributed by atoms with Gasteiger partial charge >= 0.3 is 0 Å². The number of H-pyrrole nitrogens is 1. The van der Waals surface area contributed by atoms with Gasteiger partial charge in [0.2, 0.25) is 0 Å². The summed E-state index contributed by atoms with van der Waals surface area (Å²) in [5, 5.41) is 6.52. The Bertz CT molecular complexity index is 1080. The van der Waals surface area contributed by atoms with Crippen molar-refractivity contribution in [3.63, 3.8) is 0 Å². The molecule has 0 fully saturated rings. The van der Waals surface area contributed by atoms with Gasteiger partial charge in [0.25, 0.3) is 0 Å².